The molecule has 0 unspecified atom stereocenters. The molecule has 0 amide bonds. The zero-order chi connectivity index (χ0) is 28.4. The van der Waals surface area contributed by atoms with Gasteiger partial charge in [-0.1, -0.05) is 109 Å². The monoisotopic (exact) mass is 561 g/mol. The number of methoxy groups -OCH3 is 1. The van der Waals surface area contributed by atoms with Crippen LogP contribution in [0.1, 0.15) is 16.7 Å². The molecule has 6 aromatic rings. The summed E-state index contributed by atoms with van der Waals surface area (Å²) >= 11 is 6.41. The Bertz CT molecular complexity index is 1710. The Balaban J connectivity index is 1.61. The minimum Gasteiger partial charge on any atom is -0.495 e. The predicted octanol–water partition coefficient (Wildman–Crippen LogP) is 7.23. The first-order chi connectivity index (χ1) is 20.0. The molecule has 5 aromatic carbocycles. The fourth-order valence-electron chi connectivity index (χ4n) is 5.27. The van der Waals surface area contributed by atoms with Crippen LogP contribution in [-0.4, -0.2) is 27.3 Å². The highest BCUT2D eigenvalue weighted by Gasteiger charge is 2.41. The predicted molar refractivity (Wildman–Crippen MR) is 159 cm³/mol. The van der Waals surface area contributed by atoms with E-state index in [1.807, 2.05) is 91.0 Å². The lowest BCUT2D eigenvalue weighted by Crippen LogP contribution is -2.39. The van der Waals surface area contributed by atoms with Crippen molar-refractivity contribution in [2.75, 3.05) is 12.8 Å². The van der Waals surface area contributed by atoms with Gasteiger partial charge in [-0.2, -0.15) is 0 Å². The minimum absolute atomic E-state index is 0.213. The van der Waals surface area contributed by atoms with E-state index in [1.54, 1.807) is 29.1 Å². The van der Waals surface area contributed by atoms with Gasteiger partial charge in [-0.3, -0.25) is 0 Å². The summed E-state index contributed by atoms with van der Waals surface area (Å²) in [5.41, 5.74) is 9.35. The van der Waals surface area contributed by atoms with Crippen molar-refractivity contribution in [3.8, 4) is 28.3 Å². The van der Waals surface area contributed by atoms with Gasteiger partial charge in [0.15, 0.2) is 5.54 Å². The Kier molecular flexibility index (Phi) is 6.95. The van der Waals surface area contributed by atoms with E-state index in [0.29, 0.717) is 21.9 Å². The van der Waals surface area contributed by atoms with E-state index in [0.717, 1.165) is 16.7 Å². The number of benzene rings is 5. The lowest BCUT2D eigenvalue weighted by Gasteiger charge is -2.34. The molecule has 0 saturated heterocycles. The molecule has 202 valence electrons. The number of nitrogens with zero attached hydrogens (tertiary/aromatic N) is 4. The highest BCUT2D eigenvalue weighted by Crippen LogP contribution is 2.41. The molecule has 8 heteroatoms. The minimum atomic E-state index is -0.975. The summed E-state index contributed by atoms with van der Waals surface area (Å²) < 4.78 is 20.9. The second kappa shape index (κ2) is 10.9. The summed E-state index contributed by atoms with van der Waals surface area (Å²) in [7, 11) is 1.52. The molecule has 0 aliphatic rings. The van der Waals surface area contributed by atoms with Gasteiger partial charge in [0.25, 0.3) is 0 Å². The molecule has 2 N–H and O–H groups in total. The standard InChI is InChI=1S/C33H25ClFN5O/c1-41-30-18-17-22(19-28(30)34)31-27(20-26(36)21-29(31)35)32-37-39-40(38-32)33(23-11-5-2-6-12-23,24-13-7-3-8-14-24)25-15-9-4-10-16-25/h2-21H,36H2,1H3. The molecule has 6 nitrogen and oxygen atoms in total. The number of aromatic nitrogens is 4. The van der Waals surface area contributed by atoms with Crippen LogP contribution >= 0.6 is 11.6 Å². The Hall–Kier alpha value is -5.01. The Labute approximate surface area is 241 Å². The number of nitrogens with two attached hydrogens (primary N) is 1. The van der Waals surface area contributed by atoms with Crippen LogP contribution in [0.25, 0.3) is 22.5 Å². The van der Waals surface area contributed by atoms with E-state index in [1.165, 1.54) is 13.2 Å². The van der Waals surface area contributed by atoms with E-state index in [-0.39, 0.29) is 17.1 Å². The summed E-state index contributed by atoms with van der Waals surface area (Å²) in [6.07, 6.45) is 0. The summed E-state index contributed by atoms with van der Waals surface area (Å²) in [4.78, 5) is 1.59. The number of rotatable bonds is 7. The average molecular weight is 562 g/mol. The van der Waals surface area contributed by atoms with Gasteiger partial charge in [0.1, 0.15) is 11.6 Å². The molecule has 0 spiro atoms. The van der Waals surface area contributed by atoms with Crippen LogP contribution < -0.4 is 10.5 Å². The third kappa shape index (κ3) is 4.60. The third-order valence-electron chi connectivity index (χ3n) is 7.08. The van der Waals surface area contributed by atoms with Crippen LogP contribution in [0.3, 0.4) is 0 Å². The first-order valence-corrected chi connectivity index (χ1v) is 13.3. The van der Waals surface area contributed by atoms with E-state index in [2.05, 4.69) is 10.3 Å². The van der Waals surface area contributed by atoms with Crippen LogP contribution in [0.4, 0.5) is 10.1 Å². The Morgan fingerprint density at radius 3 is 1.85 bits per heavy atom. The van der Waals surface area contributed by atoms with Crippen molar-refractivity contribution < 1.29 is 9.13 Å². The molecule has 0 radical (unpaired) electrons. The van der Waals surface area contributed by atoms with Crippen molar-refractivity contribution in [1.29, 1.82) is 0 Å². The van der Waals surface area contributed by atoms with E-state index < -0.39 is 11.4 Å². The number of nitrogen functional groups attached to an aromatic ring is 1. The second-order valence-corrected chi connectivity index (χ2v) is 9.89. The lowest BCUT2D eigenvalue weighted by atomic mass is 9.77. The molecule has 6 rings (SSSR count). The molecule has 41 heavy (non-hydrogen) atoms. The number of ether oxygens (including phenoxy) is 1. The zero-order valence-electron chi connectivity index (χ0n) is 22.1. The molecule has 0 atom stereocenters. The smallest absolute Gasteiger partial charge is 0.205 e. The molecule has 0 aliphatic carbocycles. The van der Waals surface area contributed by atoms with Crippen molar-refractivity contribution in [3.05, 3.63) is 149 Å². The molecule has 0 saturated carbocycles. The first kappa shape index (κ1) is 26.2. The SMILES string of the molecule is COc1ccc(-c2c(F)cc(N)cc2-c2nnn(C(c3ccccc3)(c3ccccc3)c3ccccc3)n2)cc1Cl. The van der Waals surface area contributed by atoms with Crippen LogP contribution in [0.2, 0.25) is 5.02 Å². The summed E-state index contributed by atoms with van der Waals surface area (Å²) in [6, 6.07) is 38.0. The molecular weight excluding hydrogens is 537 g/mol. The number of tetrazole rings is 1. The maximum Gasteiger partial charge on any atom is 0.205 e. The van der Waals surface area contributed by atoms with Crippen molar-refractivity contribution >= 4 is 17.3 Å². The Morgan fingerprint density at radius 1 is 0.780 bits per heavy atom. The van der Waals surface area contributed by atoms with Gasteiger partial charge in [0, 0.05) is 16.8 Å². The zero-order valence-corrected chi connectivity index (χ0v) is 22.8. The van der Waals surface area contributed by atoms with Gasteiger partial charge >= 0.3 is 0 Å². The highest BCUT2D eigenvalue weighted by atomic mass is 35.5. The number of hydrogen-bond donors (Lipinski definition) is 1. The quantitative estimate of drug-likeness (QED) is 0.164. The summed E-state index contributed by atoms with van der Waals surface area (Å²) in [6.45, 7) is 0. The summed E-state index contributed by atoms with van der Waals surface area (Å²) in [5, 5.41) is 14.3. The molecule has 0 bridgehead atoms. The molecule has 1 heterocycles. The van der Waals surface area contributed by atoms with Gasteiger partial charge in [0.05, 0.1) is 12.1 Å². The van der Waals surface area contributed by atoms with Gasteiger partial charge in [0.2, 0.25) is 5.82 Å². The lowest BCUT2D eigenvalue weighted by molar-refractivity contribution is 0.396. The third-order valence-corrected chi connectivity index (χ3v) is 7.38. The van der Waals surface area contributed by atoms with Crippen molar-refractivity contribution in [2.45, 2.75) is 5.54 Å². The van der Waals surface area contributed by atoms with E-state index in [9.17, 15) is 0 Å². The highest BCUT2D eigenvalue weighted by molar-refractivity contribution is 6.32. The van der Waals surface area contributed by atoms with Crippen LogP contribution in [0.5, 0.6) is 5.75 Å². The van der Waals surface area contributed by atoms with Crippen molar-refractivity contribution in [1.82, 2.24) is 20.2 Å². The normalized spacial score (nSPS) is 11.4. The summed E-state index contributed by atoms with van der Waals surface area (Å²) in [5.74, 6) is 0.165. The van der Waals surface area contributed by atoms with Crippen LogP contribution in [0.15, 0.2) is 121 Å². The largest absolute Gasteiger partial charge is 0.495 e. The average Bonchev–Trinajstić information content (AvgIpc) is 3.49. The van der Waals surface area contributed by atoms with Gasteiger partial charge < -0.3 is 10.5 Å². The van der Waals surface area contributed by atoms with Crippen molar-refractivity contribution in [2.24, 2.45) is 0 Å². The molecular formula is C33H25ClFN5O. The fourth-order valence-corrected chi connectivity index (χ4v) is 5.53. The Morgan fingerprint density at radius 2 is 1.34 bits per heavy atom. The molecule has 0 aliphatic heterocycles. The number of hydrogen-bond acceptors (Lipinski definition) is 5. The number of anilines is 1. The van der Waals surface area contributed by atoms with Gasteiger partial charge in [-0.25, -0.2) is 4.39 Å². The number of halogens is 2. The van der Waals surface area contributed by atoms with E-state index >= 15 is 4.39 Å². The first-order valence-electron chi connectivity index (χ1n) is 12.9. The van der Waals surface area contributed by atoms with Gasteiger partial charge in [-0.05, 0) is 51.7 Å². The maximum atomic E-state index is 15.6. The molecule has 1 aromatic heterocycles. The topological polar surface area (TPSA) is 78.9 Å². The van der Waals surface area contributed by atoms with Gasteiger partial charge in [-0.15, -0.1) is 15.0 Å². The molecule has 0 fully saturated rings. The van der Waals surface area contributed by atoms with Crippen molar-refractivity contribution in [3.63, 3.8) is 0 Å². The fraction of sp³-hybridized carbons (Fsp3) is 0.0606. The maximum absolute atomic E-state index is 15.6. The van der Waals surface area contributed by atoms with Crippen LogP contribution in [0, 0.1) is 5.82 Å². The second-order valence-electron chi connectivity index (χ2n) is 9.49. The van der Waals surface area contributed by atoms with Crippen LogP contribution in [-0.2, 0) is 5.54 Å². The van der Waals surface area contributed by atoms with E-state index in [4.69, 9.17) is 27.2 Å².